The Morgan fingerprint density at radius 3 is 1.29 bits per heavy atom. The van der Waals surface area contributed by atoms with E-state index in [4.69, 9.17) is 0 Å². The number of hydrogen-bond acceptors (Lipinski definition) is 3. The van der Waals surface area contributed by atoms with Crippen LogP contribution in [0.4, 0.5) is 0 Å². The lowest BCUT2D eigenvalue weighted by Gasteiger charge is -2.67. The summed E-state index contributed by atoms with van der Waals surface area (Å²) < 4.78 is 0. The minimum atomic E-state index is -0.928. The average molecular weight is 335 g/mol. The van der Waals surface area contributed by atoms with Crippen molar-refractivity contribution in [3.63, 3.8) is 0 Å². The van der Waals surface area contributed by atoms with E-state index in [0.717, 1.165) is 25.7 Å². The molecule has 2 N–H and O–H groups in total. The summed E-state index contributed by atoms with van der Waals surface area (Å²) in [5, 5.41) is 22.4. The van der Waals surface area contributed by atoms with Crippen molar-refractivity contribution in [3.8, 4) is 0 Å². The molecule has 6 fully saturated rings. The van der Waals surface area contributed by atoms with Gasteiger partial charge in [-0.1, -0.05) is 27.7 Å². The van der Waals surface area contributed by atoms with E-state index in [0.29, 0.717) is 11.8 Å². The predicted octanol–water partition coefficient (Wildman–Crippen LogP) is 3.42. The topological polar surface area (TPSA) is 57.5 Å². The number of fused-ring (bicyclic) bond motifs is 4. The Bertz CT molecular complexity index is 536. The summed E-state index contributed by atoms with van der Waals surface area (Å²) in [4.78, 5) is 13.4. The summed E-state index contributed by atoms with van der Waals surface area (Å²) in [6.45, 7) is 12.7. The lowest BCUT2D eigenvalue weighted by atomic mass is 9.38. The van der Waals surface area contributed by atoms with Crippen LogP contribution in [0.3, 0.4) is 0 Å². The fourth-order valence-corrected chi connectivity index (χ4v) is 7.40. The van der Waals surface area contributed by atoms with Crippen LogP contribution in [0.25, 0.3) is 0 Å². The molecule has 0 aliphatic heterocycles. The minimum Gasteiger partial charge on any atom is -0.389 e. The molecular formula is C21H34O3. The SMILES string of the molecule is CC1(C)C2CC(C(=O)C3CC4CC(C4(C)C)C3(C)O)C(C)(O)C1C2. The van der Waals surface area contributed by atoms with Crippen molar-refractivity contribution < 1.29 is 15.0 Å². The zero-order chi connectivity index (χ0) is 17.9. The van der Waals surface area contributed by atoms with Gasteiger partial charge in [-0.15, -0.1) is 0 Å². The standard InChI is InChI=1S/C21H34O3/c1-18(2)11-7-13(20(5,23)15(18)9-11)17(22)14-8-12-10-16(19(12,3)4)21(14,6)24/h11-16,23-24H,7-10H2,1-6H3. The van der Waals surface area contributed by atoms with Crippen LogP contribution in [0.1, 0.15) is 67.2 Å². The summed E-state index contributed by atoms with van der Waals surface area (Å²) in [7, 11) is 0. The molecule has 3 heteroatoms. The molecule has 6 aliphatic carbocycles. The molecule has 0 saturated heterocycles. The maximum absolute atomic E-state index is 13.4. The largest absolute Gasteiger partial charge is 0.389 e. The van der Waals surface area contributed by atoms with Crippen LogP contribution < -0.4 is 0 Å². The first-order chi connectivity index (χ1) is 10.8. The zero-order valence-corrected chi connectivity index (χ0v) is 16.1. The van der Waals surface area contributed by atoms with Crippen LogP contribution in [0.2, 0.25) is 0 Å². The molecule has 0 heterocycles. The van der Waals surface area contributed by atoms with Crippen molar-refractivity contribution >= 4 is 5.78 Å². The van der Waals surface area contributed by atoms with Gasteiger partial charge in [-0.3, -0.25) is 4.79 Å². The first kappa shape index (κ1) is 17.0. The van der Waals surface area contributed by atoms with Gasteiger partial charge in [0.05, 0.1) is 11.2 Å². The van der Waals surface area contributed by atoms with E-state index in [1.165, 1.54) is 0 Å². The Hall–Kier alpha value is -0.410. The normalized spacial score (nSPS) is 56.8. The molecule has 0 amide bonds. The third-order valence-corrected chi connectivity index (χ3v) is 9.49. The number of aliphatic hydroxyl groups is 2. The van der Waals surface area contributed by atoms with E-state index in [9.17, 15) is 15.0 Å². The van der Waals surface area contributed by atoms with Gasteiger partial charge in [0.2, 0.25) is 0 Å². The van der Waals surface area contributed by atoms with Crippen LogP contribution >= 0.6 is 0 Å². The van der Waals surface area contributed by atoms with E-state index < -0.39 is 11.2 Å². The Labute approximate surface area is 146 Å². The van der Waals surface area contributed by atoms with E-state index in [-0.39, 0.29) is 40.3 Å². The molecule has 24 heavy (non-hydrogen) atoms. The van der Waals surface area contributed by atoms with Crippen molar-refractivity contribution in [3.05, 3.63) is 0 Å². The van der Waals surface area contributed by atoms with Crippen molar-refractivity contribution in [2.24, 2.45) is 46.3 Å². The maximum atomic E-state index is 13.4. The number of rotatable bonds is 2. The first-order valence-corrected chi connectivity index (χ1v) is 9.80. The van der Waals surface area contributed by atoms with E-state index >= 15 is 0 Å². The second-order valence-electron chi connectivity index (χ2n) is 11.0. The first-order valence-electron chi connectivity index (χ1n) is 9.80. The molecule has 0 aromatic rings. The summed E-state index contributed by atoms with van der Waals surface area (Å²) in [6, 6.07) is 0. The molecule has 6 saturated carbocycles. The molecule has 8 unspecified atom stereocenters. The molecule has 0 spiro atoms. The molecule has 0 radical (unpaired) electrons. The average Bonchev–Trinajstić information content (AvgIpc) is 2.43. The molecule has 0 aromatic carbocycles. The molecule has 6 aliphatic rings. The maximum Gasteiger partial charge on any atom is 0.144 e. The molecule has 4 bridgehead atoms. The predicted molar refractivity (Wildman–Crippen MR) is 93.2 cm³/mol. The quantitative estimate of drug-likeness (QED) is 0.813. The number of ketones is 1. The van der Waals surface area contributed by atoms with E-state index in [1.807, 2.05) is 13.8 Å². The lowest BCUT2D eigenvalue weighted by Crippen LogP contribution is -2.70. The van der Waals surface area contributed by atoms with Crippen molar-refractivity contribution in [1.82, 2.24) is 0 Å². The highest BCUT2D eigenvalue weighted by atomic mass is 16.3. The van der Waals surface area contributed by atoms with Gasteiger partial charge in [-0.05, 0) is 74.0 Å². The summed E-state index contributed by atoms with van der Waals surface area (Å²) in [5.74, 6) is 1.03. The summed E-state index contributed by atoms with van der Waals surface area (Å²) >= 11 is 0. The number of Topliss-reactive ketones (excluding diaryl/α,β-unsaturated/α-hetero) is 1. The fourth-order valence-electron chi connectivity index (χ4n) is 7.40. The van der Waals surface area contributed by atoms with Gasteiger partial charge in [0, 0.05) is 11.8 Å². The smallest absolute Gasteiger partial charge is 0.144 e. The number of carbonyl (C=O) groups is 1. The Kier molecular flexibility index (Phi) is 3.16. The van der Waals surface area contributed by atoms with Crippen LogP contribution in [0.15, 0.2) is 0 Å². The van der Waals surface area contributed by atoms with Gasteiger partial charge in [0.25, 0.3) is 0 Å². The van der Waals surface area contributed by atoms with Gasteiger partial charge in [0.1, 0.15) is 5.78 Å². The second-order valence-corrected chi connectivity index (χ2v) is 11.0. The van der Waals surface area contributed by atoms with Crippen LogP contribution in [0, 0.1) is 46.3 Å². The number of hydrogen-bond donors (Lipinski definition) is 2. The number of carbonyl (C=O) groups excluding carboxylic acids is 1. The monoisotopic (exact) mass is 334 g/mol. The van der Waals surface area contributed by atoms with Crippen molar-refractivity contribution in [2.45, 2.75) is 78.4 Å². The molecule has 3 nitrogen and oxygen atoms in total. The van der Waals surface area contributed by atoms with Gasteiger partial charge < -0.3 is 10.2 Å². The highest BCUT2D eigenvalue weighted by Crippen LogP contribution is 2.68. The van der Waals surface area contributed by atoms with Crippen molar-refractivity contribution in [2.75, 3.05) is 0 Å². The Morgan fingerprint density at radius 1 is 0.708 bits per heavy atom. The minimum absolute atomic E-state index is 0.138. The third kappa shape index (κ3) is 1.79. The Morgan fingerprint density at radius 2 is 1.04 bits per heavy atom. The van der Waals surface area contributed by atoms with E-state index in [2.05, 4.69) is 27.7 Å². The lowest BCUT2D eigenvalue weighted by molar-refractivity contribution is -0.243. The highest BCUT2D eigenvalue weighted by molar-refractivity contribution is 5.86. The summed E-state index contributed by atoms with van der Waals surface area (Å²) in [6.07, 6.45) is 3.67. The van der Waals surface area contributed by atoms with Crippen molar-refractivity contribution in [1.29, 1.82) is 0 Å². The molecule has 136 valence electrons. The van der Waals surface area contributed by atoms with Crippen LogP contribution in [0.5, 0.6) is 0 Å². The van der Waals surface area contributed by atoms with Crippen LogP contribution in [-0.2, 0) is 4.79 Å². The highest BCUT2D eigenvalue weighted by Gasteiger charge is 2.68. The molecule has 8 atom stereocenters. The van der Waals surface area contributed by atoms with Gasteiger partial charge >= 0.3 is 0 Å². The van der Waals surface area contributed by atoms with Gasteiger partial charge in [0.15, 0.2) is 0 Å². The third-order valence-electron chi connectivity index (χ3n) is 9.49. The molecule has 0 aromatic heterocycles. The summed E-state index contributed by atoms with van der Waals surface area (Å²) in [5.41, 5.74) is -1.58. The fraction of sp³-hybridized carbons (Fsp3) is 0.952. The Balaban J connectivity index is 1.60. The zero-order valence-electron chi connectivity index (χ0n) is 16.1. The van der Waals surface area contributed by atoms with Gasteiger partial charge in [-0.2, -0.15) is 0 Å². The van der Waals surface area contributed by atoms with Crippen LogP contribution in [-0.4, -0.2) is 27.2 Å². The van der Waals surface area contributed by atoms with Gasteiger partial charge in [-0.25, -0.2) is 0 Å². The molecular weight excluding hydrogens is 300 g/mol. The van der Waals surface area contributed by atoms with E-state index in [1.54, 1.807) is 0 Å². The second kappa shape index (κ2) is 4.46. The molecule has 6 rings (SSSR count).